The third kappa shape index (κ3) is 2.34. The molecule has 12 heavy (non-hydrogen) atoms. The van der Waals surface area contributed by atoms with Crippen molar-refractivity contribution >= 4 is 27.3 Å². The van der Waals surface area contributed by atoms with Crippen LogP contribution in [0.5, 0.6) is 0 Å². The summed E-state index contributed by atoms with van der Waals surface area (Å²) in [5.74, 6) is 2.66. The maximum atomic E-state index is 5.25. The Labute approximate surface area is 85.3 Å². The largest absolute Gasteiger partial charge is 0.312 e. The fourth-order valence-electron chi connectivity index (χ4n) is 0.974. The molecule has 0 radical (unpaired) electrons. The van der Waals surface area contributed by atoms with Crippen molar-refractivity contribution < 1.29 is 0 Å². The van der Waals surface area contributed by atoms with Gasteiger partial charge in [-0.2, -0.15) is 0 Å². The summed E-state index contributed by atoms with van der Waals surface area (Å²) >= 11 is 5.13. The average molecular weight is 244 g/mol. The minimum Gasteiger partial charge on any atom is -0.312 e. The summed E-state index contributed by atoms with van der Waals surface area (Å²) < 4.78 is 1.12. The van der Waals surface area contributed by atoms with Gasteiger partial charge in [-0.05, 0) is 29.0 Å². The molecular formula is C9H10BrNS. The van der Waals surface area contributed by atoms with Gasteiger partial charge in [0.25, 0.3) is 0 Å². The molecule has 1 aromatic heterocycles. The molecule has 0 saturated carbocycles. The fraction of sp³-hybridized carbons (Fsp3) is 0.333. The van der Waals surface area contributed by atoms with Crippen LogP contribution in [0.1, 0.15) is 17.3 Å². The summed E-state index contributed by atoms with van der Waals surface area (Å²) in [5, 5.41) is 5.25. The van der Waals surface area contributed by atoms with Gasteiger partial charge >= 0.3 is 0 Å². The summed E-state index contributed by atoms with van der Waals surface area (Å²) in [6.07, 6.45) is 5.99. The highest BCUT2D eigenvalue weighted by Crippen LogP contribution is 2.26. The molecule has 1 unspecified atom stereocenters. The Balaban J connectivity index is 2.74. The lowest BCUT2D eigenvalue weighted by Gasteiger charge is -2.09. The number of terminal acetylenes is 1. The van der Waals surface area contributed by atoms with E-state index in [0.717, 1.165) is 10.9 Å². The molecule has 1 rings (SSSR count). The zero-order chi connectivity index (χ0) is 8.97. The highest BCUT2D eigenvalue weighted by Gasteiger charge is 2.09. The van der Waals surface area contributed by atoms with Crippen molar-refractivity contribution in [3.63, 3.8) is 0 Å². The van der Waals surface area contributed by atoms with E-state index >= 15 is 0 Å². The first-order valence-corrected chi connectivity index (χ1v) is 5.30. The van der Waals surface area contributed by atoms with Gasteiger partial charge in [0.2, 0.25) is 0 Å². The van der Waals surface area contributed by atoms with Crippen LogP contribution in [0.2, 0.25) is 0 Å². The number of nitrogens with one attached hydrogen (secondary N) is 1. The molecule has 0 bridgehead atoms. The van der Waals surface area contributed by atoms with Crippen molar-refractivity contribution in [2.75, 3.05) is 7.05 Å². The van der Waals surface area contributed by atoms with Crippen molar-refractivity contribution in [3.05, 3.63) is 20.8 Å². The Morgan fingerprint density at radius 3 is 3.00 bits per heavy atom. The summed E-state index contributed by atoms with van der Waals surface area (Å²) in [7, 11) is 1.93. The molecule has 1 N–H and O–H groups in total. The molecule has 1 nitrogen and oxygen atoms in total. The van der Waals surface area contributed by atoms with Crippen LogP contribution < -0.4 is 5.32 Å². The highest BCUT2D eigenvalue weighted by atomic mass is 79.9. The first kappa shape index (κ1) is 9.79. The molecule has 64 valence electrons. The van der Waals surface area contributed by atoms with E-state index < -0.39 is 0 Å². The summed E-state index contributed by atoms with van der Waals surface area (Å²) in [6.45, 7) is 0. The lowest BCUT2D eigenvalue weighted by molar-refractivity contribution is 0.622. The van der Waals surface area contributed by atoms with E-state index in [1.165, 1.54) is 4.88 Å². The fourth-order valence-corrected chi connectivity index (χ4v) is 2.53. The Morgan fingerprint density at radius 1 is 1.83 bits per heavy atom. The molecule has 0 amide bonds. The molecule has 0 aliphatic carbocycles. The van der Waals surface area contributed by atoms with Crippen molar-refractivity contribution in [2.45, 2.75) is 12.5 Å². The van der Waals surface area contributed by atoms with Gasteiger partial charge in [-0.3, -0.25) is 0 Å². The van der Waals surface area contributed by atoms with Crippen LogP contribution >= 0.6 is 27.3 Å². The SMILES string of the molecule is C#CCC(NC)c1cc(Br)cs1. The summed E-state index contributed by atoms with van der Waals surface area (Å²) in [4.78, 5) is 1.28. The quantitative estimate of drug-likeness (QED) is 0.806. The van der Waals surface area contributed by atoms with Gasteiger partial charge in [-0.15, -0.1) is 23.7 Å². The van der Waals surface area contributed by atoms with Crippen molar-refractivity contribution in [1.82, 2.24) is 5.32 Å². The average Bonchev–Trinajstić information content (AvgIpc) is 2.47. The van der Waals surface area contributed by atoms with E-state index in [0.29, 0.717) is 6.04 Å². The molecular weight excluding hydrogens is 234 g/mol. The van der Waals surface area contributed by atoms with E-state index in [4.69, 9.17) is 6.42 Å². The first-order valence-electron chi connectivity index (χ1n) is 3.62. The molecule has 1 heterocycles. The maximum absolute atomic E-state index is 5.25. The number of hydrogen-bond acceptors (Lipinski definition) is 2. The van der Waals surface area contributed by atoms with Crippen LogP contribution in [-0.4, -0.2) is 7.05 Å². The molecule has 1 aromatic rings. The smallest absolute Gasteiger partial charge is 0.0523 e. The van der Waals surface area contributed by atoms with E-state index in [2.05, 4.69) is 38.6 Å². The molecule has 0 fully saturated rings. The van der Waals surface area contributed by atoms with Crippen LogP contribution in [-0.2, 0) is 0 Å². The minimum atomic E-state index is 0.297. The van der Waals surface area contributed by atoms with Crippen molar-refractivity contribution in [1.29, 1.82) is 0 Å². The van der Waals surface area contributed by atoms with Gasteiger partial charge in [0.05, 0.1) is 6.04 Å². The molecule has 0 aliphatic heterocycles. The van der Waals surface area contributed by atoms with Gasteiger partial charge < -0.3 is 5.32 Å². The second-order valence-corrected chi connectivity index (χ2v) is 4.28. The van der Waals surface area contributed by atoms with Crippen LogP contribution in [0.25, 0.3) is 0 Å². The lowest BCUT2D eigenvalue weighted by atomic mass is 10.2. The lowest BCUT2D eigenvalue weighted by Crippen LogP contribution is -2.14. The third-order valence-corrected chi connectivity index (χ3v) is 3.41. The molecule has 0 spiro atoms. The van der Waals surface area contributed by atoms with Gasteiger partial charge in [0.15, 0.2) is 0 Å². The molecule has 3 heteroatoms. The van der Waals surface area contributed by atoms with E-state index in [1.54, 1.807) is 11.3 Å². The maximum Gasteiger partial charge on any atom is 0.0523 e. The predicted molar refractivity (Wildman–Crippen MR) is 57.3 cm³/mol. The number of halogens is 1. The first-order chi connectivity index (χ1) is 5.77. The zero-order valence-corrected chi connectivity index (χ0v) is 9.21. The third-order valence-electron chi connectivity index (χ3n) is 1.60. The second kappa shape index (κ2) is 4.66. The van der Waals surface area contributed by atoms with Gasteiger partial charge in [-0.1, -0.05) is 0 Å². The van der Waals surface area contributed by atoms with Gasteiger partial charge in [0, 0.05) is 21.2 Å². The Bertz CT molecular complexity index is 287. The monoisotopic (exact) mass is 243 g/mol. The normalized spacial score (nSPS) is 12.4. The Morgan fingerprint density at radius 2 is 2.58 bits per heavy atom. The van der Waals surface area contributed by atoms with Crippen LogP contribution in [0.4, 0.5) is 0 Å². The number of thiophene rings is 1. The number of rotatable bonds is 3. The predicted octanol–water partition coefficient (Wildman–Crippen LogP) is 2.79. The van der Waals surface area contributed by atoms with Crippen LogP contribution in [0.15, 0.2) is 15.9 Å². The molecule has 1 atom stereocenters. The van der Waals surface area contributed by atoms with E-state index in [1.807, 2.05) is 7.05 Å². The topological polar surface area (TPSA) is 12.0 Å². The van der Waals surface area contributed by atoms with E-state index in [-0.39, 0.29) is 0 Å². The Hall–Kier alpha value is -0.300. The van der Waals surface area contributed by atoms with Gasteiger partial charge in [0.1, 0.15) is 0 Å². The zero-order valence-electron chi connectivity index (χ0n) is 6.80. The van der Waals surface area contributed by atoms with Crippen molar-refractivity contribution in [2.24, 2.45) is 0 Å². The van der Waals surface area contributed by atoms with Crippen LogP contribution in [0, 0.1) is 12.3 Å². The molecule has 0 saturated heterocycles. The molecule has 0 aliphatic rings. The summed E-state index contributed by atoms with van der Waals surface area (Å²) in [6, 6.07) is 2.40. The van der Waals surface area contributed by atoms with Gasteiger partial charge in [-0.25, -0.2) is 0 Å². The van der Waals surface area contributed by atoms with Crippen molar-refractivity contribution in [3.8, 4) is 12.3 Å². The number of hydrogen-bond donors (Lipinski definition) is 1. The minimum absolute atomic E-state index is 0.297. The standard InChI is InChI=1S/C9H10BrNS/c1-3-4-8(11-2)9-5-7(10)6-12-9/h1,5-6,8,11H,4H2,2H3. The molecule has 0 aromatic carbocycles. The van der Waals surface area contributed by atoms with Crippen LogP contribution in [0.3, 0.4) is 0 Å². The second-order valence-electron chi connectivity index (χ2n) is 2.42. The van der Waals surface area contributed by atoms with E-state index in [9.17, 15) is 0 Å². The highest BCUT2D eigenvalue weighted by molar-refractivity contribution is 9.10. The Kier molecular flexibility index (Phi) is 3.80. The summed E-state index contributed by atoms with van der Waals surface area (Å²) in [5.41, 5.74) is 0.